The molecule has 0 saturated carbocycles. The fourth-order valence-corrected chi connectivity index (χ4v) is 3.82. The lowest BCUT2D eigenvalue weighted by molar-refractivity contribution is -0.180. The standard InChI is InChI=1S/C18H15Cl2NO3/c19-13-6-7-14(20)16-15(13)18(23-10-11-24-18)17(22)21(16)9-8-12-4-2-1-3-5-12/h1-7H,8-11H2. The average Bonchev–Trinajstić information content (AvgIpc) is 3.17. The zero-order valence-corrected chi connectivity index (χ0v) is 14.3. The third-order valence-corrected chi connectivity index (χ3v) is 4.98. The first-order valence-electron chi connectivity index (χ1n) is 7.76. The lowest BCUT2D eigenvalue weighted by atomic mass is 10.1. The van der Waals surface area contributed by atoms with E-state index in [4.69, 9.17) is 32.7 Å². The zero-order valence-electron chi connectivity index (χ0n) is 12.8. The molecule has 4 nitrogen and oxygen atoms in total. The van der Waals surface area contributed by atoms with Gasteiger partial charge in [0.25, 0.3) is 11.7 Å². The van der Waals surface area contributed by atoms with Gasteiger partial charge in [0.15, 0.2) is 0 Å². The fourth-order valence-electron chi connectivity index (χ4n) is 3.28. The van der Waals surface area contributed by atoms with Crippen LogP contribution >= 0.6 is 23.2 Å². The molecule has 0 atom stereocenters. The van der Waals surface area contributed by atoms with Crippen molar-refractivity contribution < 1.29 is 14.3 Å². The van der Waals surface area contributed by atoms with E-state index in [1.807, 2.05) is 30.3 Å². The van der Waals surface area contributed by atoms with Crippen molar-refractivity contribution in [1.82, 2.24) is 0 Å². The van der Waals surface area contributed by atoms with E-state index >= 15 is 0 Å². The van der Waals surface area contributed by atoms with Crippen molar-refractivity contribution in [3.63, 3.8) is 0 Å². The average molecular weight is 364 g/mol. The Balaban J connectivity index is 1.74. The molecule has 0 bridgehead atoms. The molecule has 2 aromatic carbocycles. The van der Waals surface area contributed by atoms with Crippen molar-refractivity contribution in [2.45, 2.75) is 12.2 Å². The predicted molar refractivity (Wildman–Crippen MR) is 92.5 cm³/mol. The minimum Gasteiger partial charge on any atom is -0.336 e. The molecule has 0 aliphatic carbocycles. The number of halogens is 2. The summed E-state index contributed by atoms with van der Waals surface area (Å²) in [6.07, 6.45) is 0.699. The first-order valence-corrected chi connectivity index (χ1v) is 8.51. The zero-order chi connectivity index (χ0) is 16.7. The van der Waals surface area contributed by atoms with Gasteiger partial charge in [-0.15, -0.1) is 0 Å². The van der Waals surface area contributed by atoms with Crippen LogP contribution in [0.5, 0.6) is 0 Å². The lowest BCUT2D eigenvalue weighted by Crippen LogP contribution is -2.42. The van der Waals surface area contributed by atoms with E-state index in [9.17, 15) is 4.79 Å². The van der Waals surface area contributed by atoms with E-state index in [1.54, 1.807) is 17.0 Å². The van der Waals surface area contributed by atoms with Crippen LogP contribution in [0.2, 0.25) is 10.0 Å². The van der Waals surface area contributed by atoms with Crippen LogP contribution in [-0.4, -0.2) is 25.7 Å². The lowest BCUT2D eigenvalue weighted by Gasteiger charge is -2.22. The molecule has 0 aromatic heterocycles. The van der Waals surface area contributed by atoms with Gasteiger partial charge >= 0.3 is 0 Å². The highest BCUT2D eigenvalue weighted by atomic mass is 35.5. The van der Waals surface area contributed by atoms with Gasteiger partial charge in [-0.2, -0.15) is 0 Å². The summed E-state index contributed by atoms with van der Waals surface area (Å²) in [4.78, 5) is 14.7. The number of carbonyl (C=O) groups is 1. The molecular formula is C18H15Cl2NO3. The first-order chi connectivity index (χ1) is 11.6. The van der Waals surface area contributed by atoms with E-state index in [-0.39, 0.29) is 5.91 Å². The van der Waals surface area contributed by atoms with Gasteiger partial charge in [0.05, 0.1) is 34.5 Å². The van der Waals surface area contributed by atoms with Crippen LogP contribution < -0.4 is 4.90 Å². The third-order valence-electron chi connectivity index (χ3n) is 4.36. The van der Waals surface area contributed by atoms with Crippen molar-refractivity contribution in [2.75, 3.05) is 24.7 Å². The summed E-state index contributed by atoms with van der Waals surface area (Å²) < 4.78 is 11.4. The number of hydrogen-bond donors (Lipinski definition) is 0. The SMILES string of the molecule is O=C1N(CCc2ccccc2)c2c(Cl)ccc(Cl)c2C12OCCO2. The van der Waals surface area contributed by atoms with Crippen LogP contribution in [0, 0.1) is 0 Å². The molecule has 1 amide bonds. The van der Waals surface area contributed by atoms with Gasteiger partial charge in [0, 0.05) is 6.54 Å². The summed E-state index contributed by atoms with van der Waals surface area (Å²) in [5, 5.41) is 0.888. The Morgan fingerprint density at radius 2 is 1.67 bits per heavy atom. The number of fused-ring (bicyclic) bond motifs is 2. The van der Waals surface area contributed by atoms with E-state index in [1.165, 1.54) is 0 Å². The molecule has 2 aromatic rings. The Labute approximate surface area is 149 Å². The molecule has 24 heavy (non-hydrogen) atoms. The quantitative estimate of drug-likeness (QED) is 0.832. The second-order valence-corrected chi connectivity index (χ2v) is 6.57. The molecule has 6 heteroatoms. The molecule has 1 fully saturated rings. The molecule has 2 heterocycles. The Morgan fingerprint density at radius 3 is 2.38 bits per heavy atom. The number of amides is 1. The molecule has 1 spiro atoms. The van der Waals surface area contributed by atoms with E-state index in [0.29, 0.717) is 47.5 Å². The van der Waals surface area contributed by atoms with Crippen molar-refractivity contribution in [3.8, 4) is 0 Å². The fraction of sp³-hybridized carbons (Fsp3) is 0.278. The minimum atomic E-state index is -1.45. The molecule has 0 N–H and O–H groups in total. The summed E-state index contributed by atoms with van der Waals surface area (Å²) in [6, 6.07) is 13.3. The topological polar surface area (TPSA) is 38.8 Å². The van der Waals surface area contributed by atoms with Crippen LogP contribution in [0.1, 0.15) is 11.1 Å². The maximum atomic E-state index is 13.1. The van der Waals surface area contributed by atoms with Crippen LogP contribution in [0.3, 0.4) is 0 Å². The van der Waals surface area contributed by atoms with Gasteiger partial charge in [-0.25, -0.2) is 0 Å². The second-order valence-electron chi connectivity index (χ2n) is 5.76. The summed E-state index contributed by atoms with van der Waals surface area (Å²) >= 11 is 12.7. The highest BCUT2D eigenvalue weighted by molar-refractivity contribution is 6.38. The largest absolute Gasteiger partial charge is 0.336 e. The van der Waals surface area contributed by atoms with Gasteiger partial charge in [0.1, 0.15) is 0 Å². The minimum absolute atomic E-state index is 0.263. The Kier molecular flexibility index (Phi) is 4.01. The number of anilines is 1. The molecule has 0 radical (unpaired) electrons. The van der Waals surface area contributed by atoms with Crippen LogP contribution in [0.15, 0.2) is 42.5 Å². The molecule has 124 valence electrons. The summed E-state index contributed by atoms with van der Waals surface area (Å²) in [5.41, 5.74) is 2.25. The van der Waals surface area contributed by atoms with Gasteiger partial charge in [0.2, 0.25) is 0 Å². The van der Waals surface area contributed by atoms with Gasteiger partial charge in [-0.05, 0) is 24.1 Å². The summed E-state index contributed by atoms with van der Waals surface area (Å²) in [5.74, 6) is -1.71. The number of benzene rings is 2. The number of hydrogen-bond acceptors (Lipinski definition) is 3. The van der Waals surface area contributed by atoms with E-state index < -0.39 is 5.79 Å². The van der Waals surface area contributed by atoms with Gasteiger partial charge in [-0.3, -0.25) is 4.79 Å². The Hall–Kier alpha value is -1.59. The van der Waals surface area contributed by atoms with Crippen molar-refractivity contribution in [2.24, 2.45) is 0 Å². The highest BCUT2D eigenvalue weighted by Crippen LogP contribution is 2.51. The predicted octanol–water partition coefficient (Wildman–Crippen LogP) is 3.78. The molecule has 2 aliphatic heterocycles. The van der Waals surface area contributed by atoms with Crippen LogP contribution in [0.25, 0.3) is 0 Å². The maximum absolute atomic E-state index is 13.1. The molecule has 4 rings (SSSR count). The monoisotopic (exact) mass is 363 g/mol. The first kappa shape index (κ1) is 15.9. The molecule has 0 unspecified atom stereocenters. The smallest absolute Gasteiger partial charge is 0.292 e. The normalized spacial score (nSPS) is 18.4. The molecular weight excluding hydrogens is 349 g/mol. The maximum Gasteiger partial charge on any atom is 0.292 e. The Bertz CT molecular complexity index is 788. The van der Waals surface area contributed by atoms with E-state index in [0.717, 1.165) is 5.56 Å². The summed E-state index contributed by atoms with van der Waals surface area (Å²) in [6.45, 7) is 1.17. The van der Waals surface area contributed by atoms with Crippen molar-refractivity contribution >= 4 is 34.8 Å². The number of rotatable bonds is 3. The number of ether oxygens (including phenoxy) is 2. The third kappa shape index (κ3) is 2.33. The molecule has 2 aliphatic rings. The molecule has 1 saturated heterocycles. The van der Waals surface area contributed by atoms with Gasteiger partial charge in [-0.1, -0.05) is 53.5 Å². The Morgan fingerprint density at radius 1 is 1.00 bits per heavy atom. The number of carbonyl (C=O) groups excluding carboxylic acids is 1. The summed E-state index contributed by atoms with van der Waals surface area (Å²) in [7, 11) is 0. The van der Waals surface area contributed by atoms with Crippen molar-refractivity contribution in [3.05, 3.63) is 63.6 Å². The van der Waals surface area contributed by atoms with Crippen LogP contribution in [0.4, 0.5) is 5.69 Å². The number of nitrogens with zero attached hydrogens (tertiary/aromatic N) is 1. The van der Waals surface area contributed by atoms with Crippen LogP contribution in [-0.2, 0) is 26.5 Å². The van der Waals surface area contributed by atoms with Crippen molar-refractivity contribution in [1.29, 1.82) is 0 Å². The second kappa shape index (κ2) is 6.05. The van der Waals surface area contributed by atoms with Gasteiger partial charge < -0.3 is 14.4 Å². The highest BCUT2D eigenvalue weighted by Gasteiger charge is 2.57. The van der Waals surface area contributed by atoms with E-state index in [2.05, 4.69) is 0 Å².